The number of rotatable bonds is 4. The topological polar surface area (TPSA) is 67.1 Å². The maximum absolute atomic E-state index is 12.7. The quantitative estimate of drug-likeness (QED) is 0.883. The van der Waals surface area contributed by atoms with E-state index in [9.17, 15) is 13.2 Å². The number of hydrogen-bond donors (Lipinski definition) is 2. The van der Waals surface area contributed by atoms with E-state index in [0.29, 0.717) is 25.6 Å². The molecule has 3 N–H and O–H groups in total. The Bertz CT molecular complexity index is 677. The molecule has 0 atom stereocenters. The third-order valence-corrected chi connectivity index (χ3v) is 4.41. The normalized spacial score (nSPS) is 16.1. The van der Waals surface area contributed by atoms with Crippen molar-refractivity contribution in [2.24, 2.45) is 11.7 Å². The molecule has 1 aromatic heterocycles. The van der Waals surface area contributed by atoms with Gasteiger partial charge in [-0.1, -0.05) is 12.1 Å². The molecule has 3 rings (SSSR count). The molecule has 1 aliphatic heterocycles. The lowest BCUT2D eigenvalue weighted by Crippen LogP contribution is -2.39. The van der Waals surface area contributed by atoms with Gasteiger partial charge in [0.25, 0.3) is 0 Å². The van der Waals surface area contributed by atoms with Gasteiger partial charge in [-0.05, 0) is 30.5 Å². The number of hydrogen-bond acceptors (Lipinski definition) is 5. The summed E-state index contributed by atoms with van der Waals surface area (Å²) in [4.78, 5) is 10.4. The summed E-state index contributed by atoms with van der Waals surface area (Å²) in [5.74, 6) is -0.767. The number of piperidine rings is 1. The third-order valence-electron chi connectivity index (χ3n) is 4.41. The molecule has 25 heavy (non-hydrogen) atoms. The fourth-order valence-corrected chi connectivity index (χ4v) is 2.87. The van der Waals surface area contributed by atoms with Crippen molar-refractivity contribution in [1.82, 2.24) is 9.97 Å². The number of halogens is 3. The first-order chi connectivity index (χ1) is 12.0. The number of nitrogens with zero attached hydrogens (tertiary/aromatic N) is 3. The van der Waals surface area contributed by atoms with E-state index in [1.54, 1.807) is 12.4 Å². The molecule has 1 saturated heterocycles. The minimum absolute atomic E-state index is 0.108. The number of aromatic nitrogens is 2. The molecule has 1 fully saturated rings. The molecule has 1 aromatic carbocycles. The van der Waals surface area contributed by atoms with Gasteiger partial charge in [0.05, 0.1) is 24.0 Å². The first-order valence-corrected chi connectivity index (χ1v) is 8.15. The maximum atomic E-state index is 12.7. The lowest BCUT2D eigenvalue weighted by molar-refractivity contribution is -0.179. The Hall–Kier alpha value is -2.35. The monoisotopic (exact) mass is 351 g/mol. The van der Waals surface area contributed by atoms with Crippen LogP contribution in [0.25, 0.3) is 0 Å². The molecule has 0 amide bonds. The standard InChI is InChI=1S/C17H20F3N5/c18-17(19,20)13-5-7-25(8-6-13)15-10-22-16(23-11-15)24-14-3-1-12(9-21)2-4-14/h1-4,10-11,13H,5-9,21H2,(H,22,23,24). The van der Waals surface area contributed by atoms with Crippen molar-refractivity contribution in [1.29, 1.82) is 0 Å². The molecule has 0 aliphatic carbocycles. The van der Waals surface area contributed by atoms with Crippen LogP contribution in [0.5, 0.6) is 0 Å². The summed E-state index contributed by atoms with van der Waals surface area (Å²) in [6.45, 7) is 1.21. The summed E-state index contributed by atoms with van der Waals surface area (Å²) in [6.07, 6.45) is -0.612. The van der Waals surface area contributed by atoms with Crippen molar-refractivity contribution in [2.45, 2.75) is 25.6 Å². The zero-order chi connectivity index (χ0) is 17.9. The van der Waals surface area contributed by atoms with E-state index in [-0.39, 0.29) is 12.8 Å². The Kier molecular flexibility index (Phi) is 5.08. The van der Waals surface area contributed by atoms with Crippen LogP contribution in [-0.4, -0.2) is 29.2 Å². The second kappa shape index (κ2) is 7.26. The fraction of sp³-hybridized carbons (Fsp3) is 0.412. The number of nitrogens with one attached hydrogen (secondary N) is 1. The van der Waals surface area contributed by atoms with Gasteiger partial charge in [-0.3, -0.25) is 0 Å². The van der Waals surface area contributed by atoms with Crippen molar-refractivity contribution in [3.8, 4) is 0 Å². The Labute approximate surface area is 144 Å². The molecule has 0 radical (unpaired) electrons. The van der Waals surface area contributed by atoms with Crippen molar-refractivity contribution >= 4 is 17.3 Å². The minimum atomic E-state index is -4.10. The highest BCUT2D eigenvalue weighted by molar-refractivity contribution is 5.55. The summed E-state index contributed by atoms with van der Waals surface area (Å²) in [5, 5.41) is 3.08. The molecule has 0 unspecified atom stereocenters. The number of nitrogens with two attached hydrogens (primary N) is 1. The van der Waals surface area contributed by atoms with Crippen LogP contribution < -0.4 is 16.0 Å². The highest BCUT2D eigenvalue weighted by atomic mass is 19.4. The minimum Gasteiger partial charge on any atom is -0.369 e. The van der Waals surface area contributed by atoms with Crippen LogP contribution in [0.1, 0.15) is 18.4 Å². The summed E-state index contributed by atoms with van der Waals surface area (Å²) in [5.41, 5.74) is 8.18. The van der Waals surface area contributed by atoms with E-state index < -0.39 is 12.1 Å². The predicted molar refractivity (Wildman–Crippen MR) is 90.6 cm³/mol. The van der Waals surface area contributed by atoms with Crippen LogP contribution in [0, 0.1) is 5.92 Å². The van der Waals surface area contributed by atoms with Gasteiger partial charge in [0.1, 0.15) is 0 Å². The number of alkyl halides is 3. The van der Waals surface area contributed by atoms with Crippen molar-refractivity contribution in [3.63, 3.8) is 0 Å². The highest BCUT2D eigenvalue weighted by Gasteiger charge is 2.41. The predicted octanol–water partition coefficient (Wildman–Crippen LogP) is 3.46. The second-order valence-electron chi connectivity index (χ2n) is 6.09. The highest BCUT2D eigenvalue weighted by Crippen LogP contribution is 2.35. The van der Waals surface area contributed by atoms with Gasteiger partial charge >= 0.3 is 6.18 Å². The Morgan fingerprint density at radius 3 is 2.20 bits per heavy atom. The first-order valence-electron chi connectivity index (χ1n) is 8.15. The maximum Gasteiger partial charge on any atom is 0.391 e. The van der Waals surface area contributed by atoms with Gasteiger partial charge in [-0.15, -0.1) is 0 Å². The Morgan fingerprint density at radius 1 is 1.08 bits per heavy atom. The smallest absolute Gasteiger partial charge is 0.369 e. The lowest BCUT2D eigenvalue weighted by Gasteiger charge is -2.33. The van der Waals surface area contributed by atoms with Gasteiger partial charge in [0.2, 0.25) is 5.95 Å². The number of benzene rings is 1. The van der Waals surface area contributed by atoms with Crippen LogP contribution in [0.3, 0.4) is 0 Å². The first kappa shape index (κ1) is 17.5. The molecule has 8 heteroatoms. The van der Waals surface area contributed by atoms with Gasteiger partial charge in [0.15, 0.2) is 0 Å². The Morgan fingerprint density at radius 2 is 1.68 bits per heavy atom. The zero-order valence-corrected chi connectivity index (χ0v) is 13.6. The SMILES string of the molecule is NCc1ccc(Nc2ncc(N3CCC(C(F)(F)F)CC3)cn2)cc1. The average Bonchev–Trinajstić information content (AvgIpc) is 2.62. The molecule has 1 aliphatic rings. The molecule has 0 spiro atoms. The molecular formula is C17H20F3N5. The molecule has 0 saturated carbocycles. The van der Waals surface area contributed by atoms with Gasteiger partial charge in [0, 0.05) is 25.3 Å². The van der Waals surface area contributed by atoms with Crippen LogP contribution in [-0.2, 0) is 6.54 Å². The van der Waals surface area contributed by atoms with E-state index in [1.807, 2.05) is 29.2 Å². The molecule has 5 nitrogen and oxygen atoms in total. The van der Waals surface area contributed by atoms with Crippen molar-refractivity contribution in [2.75, 3.05) is 23.3 Å². The van der Waals surface area contributed by atoms with E-state index in [1.165, 1.54) is 0 Å². The largest absolute Gasteiger partial charge is 0.391 e. The molecule has 2 heterocycles. The van der Waals surface area contributed by atoms with E-state index >= 15 is 0 Å². The zero-order valence-electron chi connectivity index (χ0n) is 13.6. The third kappa shape index (κ3) is 4.39. The molecule has 2 aromatic rings. The number of anilines is 3. The van der Waals surface area contributed by atoms with E-state index in [0.717, 1.165) is 16.9 Å². The van der Waals surface area contributed by atoms with Crippen LogP contribution in [0.4, 0.5) is 30.5 Å². The van der Waals surface area contributed by atoms with Gasteiger partial charge < -0.3 is 16.0 Å². The Balaban J connectivity index is 1.59. The summed E-state index contributed by atoms with van der Waals surface area (Å²) < 4.78 is 38.2. The average molecular weight is 351 g/mol. The van der Waals surface area contributed by atoms with Crippen LogP contribution in [0.15, 0.2) is 36.7 Å². The van der Waals surface area contributed by atoms with E-state index in [2.05, 4.69) is 15.3 Å². The molecular weight excluding hydrogens is 331 g/mol. The second-order valence-corrected chi connectivity index (χ2v) is 6.09. The summed E-state index contributed by atoms with van der Waals surface area (Å²) in [7, 11) is 0. The van der Waals surface area contributed by atoms with Gasteiger partial charge in [-0.2, -0.15) is 13.2 Å². The van der Waals surface area contributed by atoms with Crippen LogP contribution in [0.2, 0.25) is 0 Å². The van der Waals surface area contributed by atoms with Crippen molar-refractivity contribution < 1.29 is 13.2 Å². The summed E-state index contributed by atoms with van der Waals surface area (Å²) in [6, 6.07) is 7.62. The summed E-state index contributed by atoms with van der Waals surface area (Å²) >= 11 is 0. The molecule has 134 valence electrons. The lowest BCUT2D eigenvalue weighted by atomic mass is 9.96. The van der Waals surface area contributed by atoms with E-state index in [4.69, 9.17) is 5.73 Å². The van der Waals surface area contributed by atoms with Crippen LogP contribution >= 0.6 is 0 Å². The van der Waals surface area contributed by atoms with Gasteiger partial charge in [-0.25, -0.2) is 9.97 Å². The molecule has 0 bridgehead atoms. The fourth-order valence-electron chi connectivity index (χ4n) is 2.87. The van der Waals surface area contributed by atoms with Crippen molar-refractivity contribution in [3.05, 3.63) is 42.2 Å².